The van der Waals surface area contributed by atoms with E-state index in [1.165, 1.54) is 75.2 Å². The topological polar surface area (TPSA) is 63.2 Å². The molecule has 0 fully saturated rings. The van der Waals surface area contributed by atoms with Gasteiger partial charge in [-0.1, -0.05) is 163 Å². The summed E-state index contributed by atoms with van der Waals surface area (Å²) in [4.78, 5) is 12.7. The molecule has 2 atom stereocenters. The molecule has 2 aliphatic rings. The van der Waals surface area contributed by atoms with E-state index in [1.54, 1.807) is 18.2 Å². The fraction of sp³-hybridized carbons (Fsp3) is 0.460. The van der Waals surface area contributed by atoms with E-state index < -0.39 is 17.2 Å². The lowest BCUT2D eigenvalue weighted by atomic mass is 9.89. The van der Waals surface area contributed by atoms with Gasteiger partial charge in [-0.3, -0.25) is 0 Å². The number of methoxy groups -OCH3 is 1. The van der Waals surface area contributed by atoms with Crippen LogP contribution in [0, 0.1) is 0 Å². The van der Waals surface area contributed by atoms with Gasteiger partial charge in [0.1, 0.15) is 24.4 Å². The molecule has 0 aromatic heterocycles. The molecular formula is C50H64O6. The Labute approximate surface area is 336 Å². The van der Waals surface area contributed by atoms with Gasteiger partial charge in [0.25, 0.3) is 0 Å². The zero-order valence-electron chi connectivity index (χ0n) is 34.1. The van der Waals surface area contributed by atoms with Crippen molar-refractivity contribution in [3.63, 3.8) is 0 Å². The zero-order valence-corrected chi connectivity index (χ0v) is 34.1. The fourth-order valence-electron chi connectivity index (χ4n) is 7.22. The third-order valence-corrected chi connectivity index (χ3v) is 10.8. The maximum Gasteiger partial charge on any atom is 0.337 e. The number of carbonyl (C=O) groups excluding carboxylic acids is 1. The predicted molar refractivity (Wildman–Crippen MR) is 229 cm³/mol. The lowest BCUT2D eigenvalue weighted by Crippen LogP contribution is -2.39. The minimum atomic E-state index is -0.674. The number of hydrogen-bond acceptors (Lipinski definition) is 6. The number of benzene rings is 3. The first kappa shape index (κ1) is 42.7. The van der Waals surface area contributed by atoms with Gasteiger partial charge in [0.2, 0.25) is 0 Å². The molecule has 3 aromatic rings. The largest absolute Gasteiger partial charge is 0.486 e. The molecule has 3 aromatic carbocycles. The standard InChI is InChI=1S/C50H64O6/c1-4-6-8-10-12-20-36-55-49(32-28-43(29-33-49)41-22-16-14-17-23-41)39-53-46-27-26-45(48(51)52-3)38-47(46)54-40-50(56-37-21-13-11-9-7-5-2)34-30-44(31-35-50)42-24-18-15-19-25-42/h14-19,22-32,34,38H,4-13,20-21,33,35-37,39-40H2,1-3H3. The molecule has 0 saturated heterocycles. The van der Waals surface area contributed by atoms with Crippen LogP contribution in [0.2, 0.25) is 0 Å². The van der Waals surface area contributed by atoms with Gasteiger partial charge in [0.05, 0.1) is 12.7 Å². The number of carbonyl (C=O) groups is 1. The molecule has 0 spiro atoms. The van der Waals surface area contributed by atoms with Crippen LogP contribution in [0.1, 0.15) is 125 Å². The summed E-state index contributed by atoms with van der Waals surface area (Å²) in [5.74, 6) is 0.571. The van der Waals surface area contributed by atoms with Gasteiger partial charge in [0, 0.05) is 26.1 Å². The van der Waals surface area contributed by atoms with E-state index in [0.717, 1.165) is 31.3 Å². The van der Waals surface area contributed by atoms with E-state index in [2.05, 4.69) is 98.8 Å². The van der Waals surface area contributed by atoms with Crippen molar-refractivity contribution in [1.82, 2.24) is 0 Å². The molecule has 0 aliphatic heterocycles. The van der Waals surface area contributed by atoms with E-state index in [0.29, 0.717) is 43.1 Å². The first-order valence-corrected chi connectivity index (χ1v) is 21.1. The van der Waals surface area contributed by atoms with Crippen molar-refractivity contribution in [1.29, 1.82) is 0 Å². The molecule has 0 saturated carbocycles. The van der Waals surface area contributed by atoms with Crippen molar-refractivity contribution in [2.24, 2.45) is 0 Å². The first-order chi connectivity index (χ1) is 27.5. The Kier molecular flexibility index (Phi) is 17.5. The molecule has 2 unspecified atom stereocenters. The maximum absolute atomic E-state index is 12.7. The smallest absolute Gasteiger partial charge is 0.337 e. The molecule has 0 bridgehead atoms. The van der Waals surface area contributed by atoms with Crippen LogP contribution in [0.25, 0.3) is 11.1 Å². The zero-order chi connectivity index (χ0) is 39.3. The molecule has 5 rings (SSSR count). The third kappa shape index (κ3) is 13.1. The summed E-state index contributed by atoms with van der Waals surface area (Å²) in [6, 6.07) is 26.1. The molecular weight excluding hydrogens is 697 g/mol. The molecule has 2 aliphatic carbocycles. The van der Waals surface area contributed by atoms with E-state index >= 15 is 0 Å². The van der Waals surface area contributed by atoms with Crippen molar-refractivity contribution in [2.75, 3.05) is 33.5 Å². The van der Waals surface area contributed by atoms with E-state index in [9.17, 15) is 4.79 Å². The molecule has 56 heavy (non-hydrogen) atoms. The predicted octanol–water partition coefficient (Wildman–Crippen LogP) is 12.5. The highest BCUT2D eigenvalue weighted by molar-refractivity contribution is 5.90. The van der Waals surface area contributed by atoms with Gasteiger partial charge < -0.3 is 23.7 Å². The minimum absolute atomic E-state index is 0.252. The van der Waals surface area contributed by atoms with Crippen molar-refractivity contribution in [3.8, 4) is 11.5 Å². The highest BCUT2D eigenvalue weighted by Crippen LogP contribution is 2.36. The number of unbranched alkanes of at least 4 members (excludes halogenated alkanes) is 10. The van der Waals surface area contributed by atoms with Gasteiger partial charge in [0.15, 0.2) is 11.5 Å². The maximum atomic E-state index is 12.7. The second kappa shape index (κ2) is 23.0. The number of esters is 1. The summed E-state index contributed by atoms with van der Waals surface area (Å²) in [6.07, 6.45) is 28.7. The molecule has 0 radical (unpaired) electrons. The average molecular weight is 761 g/mol. The van der Waals surface area contributed by atoms with Gasteiger partial charge in [-0.15, -0.1) is 0 Å². The Hall–Kier alpha value is -4.39. The normalized spacial score (nSPS) is 19.0. The molecule has 0 heterocycles. The Morgan fingerprint density at radius 2 is 1.04 bits per heavy atom. The molecule has 6 heteroatoms. The van der Waals surface area contributed by atoms with Crippen LogP contribution in [0.4, 0.5) is 0 Å². The molecule has 0 amide bonds. The highest BCUT2D eigenvalue weighted by Gasteiger charge is 2.33. The summed E-state index contributed by atoms with van der Waals surface area (Å²) < 4.78 is 31.8. The molecule has 300 valence electrons. The minimum Gasteiger partial charge on any atom is -0.486 e. The van der Waals surface area contributed by atoms with E-state index in [1.807, 2.05) is 12.1 Å². The van der Waals surface area contributed by atoms with E-state index in [4.69, 9.17) is 23.7 Å². The van der Waals surface area contributed by atoms with Crippen molar-refractivity contribution in [2.45, 2.75) is 115 Å². The highest BCUT2D eigenvalue weighted by atomic mass is 16.6. The van der Waals surface area contributed by atoms with Gasteiger partial charge in [-0.25, -0.2) is 4.79 Å². The average Bonchev–Trinajstić information content (AvgIpc) is 3.25. The van der Waals surface area contributed by atoms with Crippen LogP contribution in [-0.4, -0.2) is 50.7 Å². The van der Waals surface area contributed by atoms with Gasteiger partial charge in [-0.05, 0) is 65.5 Å². The second-order valence-corrected chi connectivity index (χ2v) is 15.2. The summed E-state index contributed by atoms with van der Waals surface area (Å²) in [6.45, 7) is 6.32. The van der Waals surface area contributed by atoms with E-state index in [-0.39, 0.29) is 13.2 Å². The lowest BCUT2D eigenvalue weighted by molar-refractivity contribution is -0.0440. The number of ether oxygens (including phenoxy) is 5. The Morgan fingerprint density at radius 3 is 1.48 bits per heavy atom. The second-order valence-electron chi connectivity index (χ2n) is 15.2. The Balaban J connectivity index is 1.32. The molecule has 6 nitrogen and oxygen atoms in total. The van der Waals surface area contributed by atoms with Crippen molar-refractivity contribution in [3.05, 3.63) is 132 Å². The van der Waals surface area contributed by atoms with Crippen LogP contribution in [-0.2, 0) is 14.2 Å². The SMILES string of the molecule is CCCCCCCCOC1(COc2ccc(C(=O)OC)cc2OCC2(OCCCCCCCC)C=CC(c3ccccc3)=CC2)C=CC(c2ccccc2)=CC1. The summed E-state index contributed by atoms with van der Waals surface area (Å²) in [5, 5.41) is 0. The number of hydrogen-bond donors (Lipinski definition) is 0. The molecule has 0 N–H and O–H groups in total. The Morgan fingerprint density at radius 1 is 0.571 bits per heavy atom. The van der Waals surface area contributed by atoms with Gasteiger partial charge in [-0.2, -0.15) is 0 Å². The van der Waals surface area contributed by atoms with Crippen LogP contribution in [0.5, 0.6) is 11.5 Å². The van der Waals surface area contributed by atoms with Crippen LogP contribution in [0.15, 0.2) is 115 Å². The number of rotatable bonds is 25. The summed E-state index contributed by atoms with van der Waals surface area (Å²) >= 11 is 0. The van der Waals surface area contributed by atoms with Gasteiger partial charge >= 0.3 is 5.97 Å². The third-order valence-electron chi connectivity index (χ3n) is 10.8. The Bertz CT molecular complexity index is 1740. The van der Waals surface area contributed by atoms with Crippen molar-refractivity contribution >= 4 is 17.1 Å². The monoisotopic (exact) mass is 760 g/mol. The van der Waals surface area contributed by atoms with Crippen molar-refractivity contribution < 1.29 is 28.5 Å². The number of allylic oxidation sites excluding steroid dienone is 4. The van der Waals surface area contributed by atoms with Crippen LogP contribution in [0.3, 0.4) is 0 Å². The lowest BCUT2D eigenvalue weighted by Gasteiger charge is -2.34. The quantitative estimate of drug-likeness (QED) is 0.0633. The fourth-order valence-corrected chi connectivity index (χ4v) is 7.22. The van der Waals surface area contributed by atoms with Crippen LogP contribution >= 0.6 is 0 Å². The summed E-state index contributed by atoms with van der Waals surface area (Å²) in [7, 11) is 1.39. The summed E-state index contributed by atoms with van der Waals surface area (Å²) in [5.41, 5.74) is 3.76. The van der Waals surface area contributed by atoms with Crippen LogP contribution < -0.4 is 9.47 Å². The first-order valence-electron chi connectivity index (χ1n) is 21.1.